The predicted octanol–water partition coefficient (Wildman–Crippen LogP) is 0.862. The lowest BCUT2D eigenvalue weighted by atomic mass is 10.6. The van der Waals surface area contributed by atoms with E-state index in [1.807, 2.05) is 0 Å². The monoisotopic (exact) mass is 96.0 g/mol. The second-order valence-corrected chi connectivity index (χ2v) is 0.981. The maximum atomic E-state index is 9.52. The van der Waals surface area contributed by atoms with Crippen LogP contribution in [-0.2, 0) is 0 Å². The Labute approximate surface area is 39.9 Å². The van der Waals surface area contributed by atoms with Crippen molar-refractivity contribution in [3.05, 3.63) is 17.5 Å². The van der Waals surface area contributed by atoms with Crippen LogP contribution in [0.1, 0.15) is 0 Å². The highest BCUT2D eigenvalue weighted by Gasteiger charge is 1.88. The summed E-state index contributed by atoms with van der Waals surface area (Å²) in [7, 11) is 0. The summed E-state index contributed by atoms with van der Waals surface area (Å²) < 4.78 is 0. The molecule has 4 nitrogen and oxygen atoms in total. The summed E-state index contributed by atoms with van der Waals surface area (Å²) >= 11 is 0. The molecule has 0 fully saturated rings. The summed E-state index contributed by atoms with van der Waals surface area (Å²) in [6, 6.07) is 0. The number of nitrogens with zero attached hydrogens (tertiary/aromatic N) is 3. The summed E-state index contributed by atoms with van der Waals surface area (Å²) in [4.78, 5) is 0. The molecule has 0 radical (unpaired) electrons. The van der Waals surface area contributed by atoms with Crippen molar-refractivity contribution in [3.63, 3.8) is 0 Å². The van der Waals surface area contributed by atoms with Crippen LogP contribution in [0.4, 0.5) is 0 Å². The van der Waals surface area contributed by atoms with Gasteiger partial charge in [0.1, 0.15) is 0 Å². The molecule has 1 aliphatic heterocycles. The van der Waals surface area contributed by atoms with Crippen molar-refractivity contribution in [3.8, 4) is 0 Å². The molecule has 36 valence electrons. The molecule has 0 aromatic heterocycles. The van der Waals surface area contributed by atoms with Crippen LogP contribution < -0.4 is 0 Å². The van der Waals surface area contributed by atoms with Gasteiger partial charge >= 0.3 is 0 Å². The van der Waals surface area contributed by atoms with Gasteiger partial charge in [-0.05, 0) is 0 Å². The molecule has 0 spiro atoms. The summed E-state index contributed by atoms with van der Waals surface area (Å²) in [5, 5.41) is 18.7. The first-order valence-electron chi connectivity index (χ1n) is 1.71. The molecule has 1 rings (SSSR count). The summed E-state index contributed by atoms with van der Waals surface area (Å²) in [6.45, 7) is 0. The minimum absolute atomic E-state index is 0.139. The number of rotatable bonds is 0. The first kappa shape index (κ1) is 3.98. The minimum Gasteiger partial charge on any atom is -0.790 e. The molecule has 0 aromatic carbocycles. The van der Waals surface area contributed by atoms with E-state index >= 15 is 0 Å². The van der Waals surface area contributed by atoms with Crippen LogP contribution >= 0.6 is 0 Å². The molecule has 0 bridgehead atoms. The minimum atomic E-state index is 0.139. The molecule has 1 heterocycles. The van der Waals surface area contributed by atoms with E-state index in [1.54, 1.807) is 0 Å². The quantitative estimate of drug-likeness (QED) is 0.412. The summed E-state index contributed by atoms with van der Waals surface area (Å²) in [6.07, 6.45) is 2.85. The Hall–Kier alpha value is -1.19. The lowest BCUT2D eigenvalue weighted by Gasteiger charge is -1.86. The lowest BCUT2D eigenvalue weighted by molar-refractivity contribution is 1.32. The van der Waals surface area contributed by atoms with Gasteiger partial charge in [0.2, 0.25) is 0 Å². The van der Waals surface area contributed by atoms with E-state index in [9.17, 15) is 5.21 Å². The van der Waals surface area contributed by atoms with E-state index in [0.717, 1.165) is 0 Å². The smallest absolute Gasteiger partial charge is 0.167 e. The predicted molar refractivity (Wildman–Crippen MR) is 24.8 cm³/mol. The molecule has 0 unspecified atom stereocenters. The fraction of sp³-hybridized carbons (Fsp3) is 0. The van der Waals surface area contributed by atoms with E-state index < -0.39 is 0 Å². The Morgan fingerprint density at radius 3 is 2.86 bits per heavy atom. The van der Waals surface area contributed by atoms with Crippen molar-refractivity contribution >= 4 is 5.84 Å². The average Bonchev–Trinajstić information content (AvgIpc) is 2.14. The number of azo groups is 1. The standard InChI is InChI=1S/C3H3N3O/c7-6-3-1-2-4-5-3/h1-2,7H/p-1. The van der Waals surface area contributed by atoms with Gasteiger partial charge in [-0.1, -0.05) is 0 Å². The molecule has 0 amide bonds. The SMILES string of the molecule is [O-]N=C1C=CN=N1. The zero-order valence-corrected chi connectivity index (χ0v) is 3.40. The van der Waals surface area contributed by atoms with Gasteiger partial charge in [0.05, 0.1) is 6.20 Å². The van der Waals surface area contributed by atoms with Crippen molar-refractivity contribution in [2.24, 2.45) is 15.4 Å². The fourth-order valence-corrected chi connectivity index (χ4v) is 0.275. The normalized spacial score (nSPS) is 22.0. The average molecular weight is 96.1 g/mol. The Morgan fingerprint density at radius 2 is 2.57 bits per heavy atom. The van der Waals surface area contributed by atoms with E-state index in [1.165, 1.54) is 12.3 Å². The highest BCUT2D eigenvalue weighted by molar-refractivity contribution is 5.94. The van der Waals surface area contributed by atoms with Crippen LogP contribution in [0, 0.1) is 5.21 Å². The zero-order chi connectivity index (χ0) is 5.11. The molecule has 0 atom stereocenters. The third kappa shape index (κ3) is 0.623. The Kier molecular flexibility index (Phi) is 0.856. The van der Waals surface area contributed by atoms with Crippen LogP contribution in [0.5, 0.6) is 0 Å². The topological polar surface area (TPSA) is 60.1 Å². The van der Waals surface area contributed by atoms with Crippen LogP contribution in [0.3, 0.4) is 0 Å². The molecule has 0 N–H and O–H groups in total. The van der Waals surface area contributed by atoms with Crippen molar-refractivity contribution in [2.75, 3.05) is 0 Å². The van der Waals surface area contributed by atoms with Crippen LogP contribution in [0.2, 0.25) is 0 Å². The van der Waals surface area contributed by atoms with Gasteiger partial charge in [0.25, 0.3) is 0 Å². The van der Waals surface area contributed by atoms with Gasteiger partial charge in [-0.3, -0.25) is 5.16 Å². The van der Waals surface area contributed by atoms with Crippen LogP contribution in [0.15, 0.2) is 27.7 Å². The molecule has 0 aromatic rings. The first-order valence-corrected chi connectivity index (χ1v) is 1.71. The molecule has 0 saturated carbocycles. The highest BCUT2D eigenvalue weighted by atomic mass is 16.4. The van der Waals surface area contributed by atoms with Crippen molar-refractivity contribution in [2.45, 2.75) is 0 Å². The summed E-state index contributed by atoms with van der Waals surface area (Å²) in [5.74, 6) is 0.139. The van der Waals surface area contributed by atoms with E-state index in [-0.39, 0.29) is 5.84 Å². The van der Waals surface area contributed by atoms with Gasteiger partial charge in [0, 0.05) is 6.08 Å². The molecule has 4 heteroatoms. The van der Waals surface area contributed by atoms with Gasteiger partial charge < -0.3 is 5.21 Å². The Morgan fingerprint density at radius 1 is 1.71 bits per heavy atom. The van der Waals surface area contributed by atoms with E-state index in [2.05, 4.69) is 15.4 Å². The second-order valence-electron chi connectivity index (χ2n) is 0.981. The molecule has 7 heavy (non-hydrogen) atoms. The first-order chi connectivity index (χ1) is 3.43. The zero-order valence-electron chi connectivity index (χ0n) is 3.40. The van der Waals surface area contributed by atoms with Crippen molar-refractivity contribution in [1.29, 1.82) is 0 Å². The maximum absolute atomic E-state index is 9.52. The van der Waals surface area contributed by atoms with Crippen LogP contribution in [-0.4, -0.2) is 5.84 Å². The lowest BCUT2D eigenvalue weighted by Crippen LogP contribution is -1.77. The van der Waals surface area contributed by atoms with Gasteiger partial charge in [-0.2, -0.15) is 5.11 Å². The van der Waals surface area contributed by atoms with Gasteiger partial charge in [-0.15, -0.1) is 5.11 Å². The van der Waals surface area contributed by atoms with Gasteiger partial charge in [-0.25, -0.2) is 0 Å². The summed E-state index contributed by atoms with van der Waals surface area (Å²) in [5.41, 5.74) is 0. The van der Waals surface area contributed by atoms with Crippen LogP contribution in [0.25, 0.3) is 0 Å². The molecular weight excluding hydrogens is 94.1 g/mol. The third-order valence-corrected chi connectivity index (χ3v) is 0.544. The second kappa shape index (κ2) is 1.51. The number of hydrogen-bond donors (Lipinski definition) is 0. The molecule has 0 aliphatic carbocycles. The van der Waals surface area contributed by atoms with E-state index in [4.69, 9.17) is 0 Å². The molecular formula is C3H2N3O-. The number of hydrogen-bond acceptors (Lipinski definition) is 3. The molecule has 1 aliphatic rings. The van der Waals surface area contributed by atoms with E-state index in [0.29, 0.717) is 0 Å². The Bertz CT molecular complexity index is 132. The highest BCUT2D eigenvalue weighted by Crippen LogP contribution is 1.94. The maximum Gasteiger partial charge on any atom is 0.167 e. The van der Waals surface area contributed by atoms with Crippen molar-refractivity contribution in [1.82, 2.24) is 0 Å². The number of amidine groups is 1. The largest absolute Gasteiger partial charge is 0.790 e. The Balaban J connectivity index is 2.79. The molecule has 0 saturated heterocycles. The fourth-order valence-electron chi connectivity index (χ4n) is 0.275. The van der Waals surface area contributed by atoms with Crippen molar-refractivity contribution < 1.29 is 0 Å². The third-order valence-electron chi connectivity index (χ3n) is 0.544. The van der Waals surface area contributed by atoms with Gasteiger partial charge in [0.15, 0.2) is 5.84 Å².